The van der Waals surface area contributed by atoms with Crippen molar-refractivity contribution in [2.75, 3.05) is 0 Å². The Kier molecular flexibility index (Phi) is 4.20. The second-order valence-corrected chi connectivity index (χ2v) is 4.94. The molecule has 1 saturated carbocycles. The van der Waals surface area contributed by atoms with Gasteiger partial charge in [0.25, 0.3) is 5.91 Å². The zero-order valence-electron chi connectivity index (χ0n) is 8.79. The number of rotatable bonds is 7. The van der Waals surface area contributed by atoms with Crippen LogP contribution in [0.1, 0.15) is 26.2 Å². The fourth-order valence-electron chi connectivity index (χ4n) is 1.07. The summed E-state index contributed by atoms with van der Waals surface area (Å²) in [6, 6.07) is 0. The van der Waals surface area contributed by atoms with Crippen LogP contribution in [-0.4, -0.2) is 23.1 Å². The Morgan fingerprint density at radius 3 is 2.80 bits per heavy atom. The molecular weight excluding hydrogens is 212 g/mol. The Bertz CT molecular complexity index is 254. The number of carbonyl (C=O) groups is 2. The molecule has 1 aliphatic carbocycles. The molecule has 0 spiro atoms. The normalized spacial score (nSPS) is 18.7. The van der Waals surface area contributed by atoms with Gasteiger partial charge >= 0.3 is 0 Å². The predicted molar refractivity (Wildman–Crippen MR) is 61.2 cm³/mol. The van der Waals surface area contributed by atoms with Crippen molar-refractivity contribution in [2.45, 2.75) is 37.0 Å². The van der Waals surface area contributed by atoms with Crippen molar-refractivity contribution < 1.29 is 9.59 Å². The first-order valence-electron chi connectivity index (χ1n) is 4.90. The van der Waals surface area contributed by atoms with Crippen LogP contribution in [0.2, 0.25) is 0 Å². The van der Waals surface area contributed by atoms with Crippen LogP contribution in [0.3, 0.4) is 0 Å². The van der Waals surface area contributed by atoms with Crippen molar-refractivity contribution in [1.29, 1.82) is 0 Å². The van der Waals surface area contributed by atoms with Crippen molar-refractivity contribution in [3.63, 3.8) is 0 Å². The molecule has 4 nitrogen and oxygen atoms in total. The fourth-order valence-corrected chi connectivity index (χ4v) is 1.94. The van der Waals surface area contributed by atoms with Crippen molar-refractivity contribution in [3.05, 3.63) is 12.7 Å². The van der Waals surface area contributed by atoms with Gasteiger partial charge in [0.1, 0.15) is 5.54 Å². The summed E-state index contributed by atoms with van der Waals surface area (Å²) in [5.74, 6) is -0.175. The minimum absolute atomic E-state index is 0.175. The van der Waals surface area contributed by atoms with Gasteiger partial charge in [0.2, 0.25) is 6.41 Å². The van der Waals surface area contributed by atoms with E-state index in [1.54, 1.807) is 13.0 Å². The van der Waals surface area contributed by atoms with Crippen LogP contribution in [-0.2, 0) is 9.59 Å². The molecule has 0 aromatic heterocycles. The van der Waals surface area contributed by atoms with Gasteiger partial charge in [0.05, 0.1) is 0 Å². The molecule has 0 radical (unpaired) electrons. The van der Waals surface area contributed by atoms with Crippen LogP contribution in [0.4, 0.5) is 0 Å². The molecule has 0 unspecified atom stereocenters. The van der Waals surface area contributed by atoms with Gasteiger partial charge in [-0.3, -0.25) is 14.3 Å². The standard InChI is InChI=1S/C10H16N2O2S/c1-3-6-10(2,11-7-13)9(14)12-15-8-4-5-8/h3,7-8H,1,4-6H2,2H3,(H,11,13)(H,12,14)/t10-/m1/s1. The molecule has 5 heteroatoms. The maximum Gasteiger partial charge on any atom is 0.255 e. The van der Waals surface area contributed by atoms with Gasteiger partial charge in [-0.05, 0) is 38.1 Å². The Morgan fingerprint density at radius 1 is 1.67 bits per heavy atom. The summed E-state index contributed by atoms with van der Waals surface area (Å²) in [6.07, 6.45) is 4.90. The van der Waals surface area contributed by atoms with Crippen LogP contribution >= 0.6 is 11.9 Å². The summed E-state index contributed by atoms with van der Waals surface area (Å²) >= 11 is 1.44. The van der Waals surface area contributed by atoms with E-state index in [0.717, 1.165) is 12.8 Å². The van der Waals surface area contributed by atoms with E-state index in [9.17, 15) is 9.59 Å². The van der Waals surface area contributed by atoms with Crippen molar-refractivity contribution >= 4 is 24.3 Å². The average Bonchev–Trinajstić information content (AvgIpc) is 2.98. The number of amides is 2. The molecule has 84 valence electrons. The molecule has 1 fully saturated rings. The lowest BCUT2D eigenvalue weighted by Gasteiger charge is -2.25. The molecule has 1 aliphatic rings. The Hall–Kier alpha value is -0.970. The summed E-state index contributed by atoms with van der Waals surface area (Å²) < 4.78 is 2.76. The Morgan fingerprint density at radius 2 is 2.33 bits per heavy atom. The Labute approximate surface area is 94.0 Å². The van der Waals surface area contributed by atoms with Gasteiger partial charge in [-0.2, -0.15) is 0 Å². The van der Waals surface area contributed by atoms with Gasteiger partial charge in [-0.25, -0.2) is 0 Å². The number of carbonyl (C=O) groups excluding carboxylic acids is 2. The largest absolute Gasteiger partial charge is 0.344 e. The van der Waals surface area contributed by atoms with Gasteiger partial charge in [0.15, 0.2) is 0 Å². The van der Waals surface area contributed by atoms with Gasteiger partial charge in [-0.15, -0.1) is 6.58 Å². The number of hydrogen-bond acceptors (Lipinski definition) is 3. The summed E-state index contributed by atoms with van der Waals surface area (Å²) in [7, 11) is 0. The molecule has 0 heterocycles. The maximum atomic E-state index is 11.8. The van der Waals surface area contributed by atoms with Crippen LogP contribution in [0.15, 0.2) is 12.7 Å². The molecule has 0 saturated heterocycles. The molecule has 1 rings (SSSR count). The highest BCUT2D eigenvalue weighted by atomic mass is 32.2. The summed E-state index contributed by atoms with van der Waals surface area (Å²) in [5.41, 5.74) is -0.884. The summed E-state index contributed by atoms with van der Waals surface area (Å²) in [4.78, 5) is 22.2. The van der Waals surface area contributed by atoms with E-state index in [0.29, 0.717) is 18.1 Å². The lowest BCUT2D eigenvalue weighted by Crippen LogP contribution is -2.52. The minimum Gasteiger partial charge on any atom is -0.344 e. The lowest BCUT2D eigenvalue weighted by molar-refractivity contribution is -0.127. The second-order valence-electron chi connectivity index (χ2n) is 3.84. The third kappa shape index (κ3) is 3.58. The fraction of sp³-hybridized carbons (Fsp3) is 0.600. The molecule has 0 aromatic rings. The van der Waals surface area contributed by atoms with E-state index in [1.807, 2.05) is 0 Å². The predicted octanol–water partition coefficient (Wildman–Crippen LogP) is 0.994. The first-order valence-corrected chi connectivity index (χ1v) is 5.78. The number of nitrogens with one attached hydrogen (secondary N) is 2. The molecule has 0 aromatic carbocycles. The highest BCUT2D eigenvalue weighted by Crippen LogP contribution is 2.32. The van der Waals surface area contributed by atoms with Gasteiger partial charge < -0.3 is 5.32 Å². The quantitative estimate of drug-likeness (QED) is 0.388. The molecule has 0 aliphatic heterocycles. The highest BCUT2D eigenvalue weighted by Gasteiger charge is 2.33. The topological polar surface area (TPSA) is 58.2 Å². The van der Waals surface area contributed by atoms with E-state index in [-0.39, 0.29) is 5.91 Å². The Balaban J connectivity index is 2.47. The van der Waals surface area contributed by atoms with Crippen LogP contribution in [0, 0.1) is 0 Å². The van der Waals surface area contributed by atoms with Crippen molar-refractivity contribution in [1.82, 2.24) is 10.0 Å². The van der Waals surface area contributed by atoms with Crippen LogP contribution in [0.5, 0.6) is 0 Å². The molecular formula is C10H16N2O2S. The van der Waals surface area contributed by atoms with E-state index >= 15 is 0 Å². The molecule has 1 atom stereocenters. The summed E-state index contributed by atoms with van der Waals surface area (Å²) in [6.45, 7) is 5.26. The molecule has 15 heavy (non-hydrogen) atoms. The van der Waals surface area contributed by atoms with Gasteiger partial charge in [0, 0.05) is 5.25 Å². The van der Waals surface area contributed by atoms with E-state index in [2.05, 4.69) is 16.6 Å². The maximum absolute atomic E-state index is 11.8. The van der Waals surface area contributed by atoms with E-state index in [1.165, 1.54) is 11.9 Å². The zero-order chi connectivity index (χ0) is 11.3. The van der Waals surface area contributed by atoms with Crippen LogP contribution in [0.25, 0.3) is 0 Å². The first kappa shape index (κ1) is 12.1. The second kappa shape index (κ2) is 5.21. The SMILES string of the molecule is C=CC[C@@](C)(NC=O)C(=O)NSC1CC1. The van der Waals surface area contributed by atoms with Crippen molar-refractivity contribution in [2.24, 2.45) is 0 Å². The minimum atomic E-state index is -0.884. The smallest absolute Gasteiger partial charge is 0.255 e. The number of hydrogen-bond donors (Lipinski definition) is 2. The molecule has 2 amide bonds. The van der Waals surface area contributed by atoms with E-state index in [4.69, 9.17) is 0 Å². The molecule has 0 bridgehead atoms. The van der Waals surface area contributed by atoms with Crippen molar-refractivity contribution in [3.8, 4) is 0 Å². The average molecular weight is 228 g/mol. The monoisotopic (exact) mass is 228 g/mol. The third-order valence-electron chi connectivity index (χ3n) is 2.27. The van der Waals surface area contributed by atoms with E-state index < -0.39 is 5.54 Å². The lowest BCUT2D eigenvalue weighted by atomic mass is 9.97. The zero-order valence-corrected chi connectivity index (χ0v) is 9.60. The van der Waals surface area contributed by atoms with Crippen LogP contribution < -0.4 is 10.0 Å². The third-order valence-corrected chi connectivity index (χ3v) is 3.38. The molecule has 2 N–H and O–H groups in total. The van der Waals surface area contributed by atoms with Gasteiger partial charge in [-0.1, -0.05) is 6.08 Å². The highest BCUT2D eigenvalue weighted by molar-refractivity contribution is 7.98. The first-order chi connectivity index (χ1) is 7.12. The summed E-state index contributed by atoms with van der Waals surface area (Å²) in [5, 5.41) is 3.08.